The quantitative estimate of drug-likeness (QED) is 0.896. The van der Waals surface area contributed by atoms with Crippen molar-refractivity contribution in [3.8, 4) is 0 Å². The normalized spacial score (nSPS) is 17.8. The van der Waals surface area contributed by atoms with Crippen molar-refractivity contribution in [2.75, 3.05) is 20.1 Å². The second-order valence-corrected chi connectivity index (χ2v) is 4.67. The molecule has 0 saturated carbocycles. The number of rotatable bonds is 3. The first kappa shape index (κ1) is 14.4. The van der Waals surface area contributed by atoms with Gasteiger partial charge >= 0.3 is 0 Å². The van der Waals surface area contributed by atoms with Gasteiger partial charge in [0.25, 0.3) is 0 Å². The lowest BCUT2D eigenvalue weighted by atomic mass is 10.1. The van der Waals surface area contributed by atoms with Crippen LogP contribution in [0.1, 0.15) is 24.1 Å². The highest BCUT2D eigenvalue weighted by molar-refractivity contribution is 5.85. The Bertz CT molecular complexity index is 318. The summed E-state index contributed by atoms with van der Waals surface area (Å²) in [5, 5.41) is 3.35. The number of nitrogens with one attached hydrogen (secondary N) is 1. The van der Waals surface area contributed by atoms with Crippen molar-refractivity contribution in [3.05, 3.63) is 29.6 Å². The molecule has 3 nitrogen and oxygen atoms in total. The lowest BCUT2D eigenvalue weighted by molar-refractivity contribution is 0.192. The Balaban J connectivity index is 0.00000144. The molecule has 0 aliphatic carbocycles. The Kier molecular flexibility index (Phi) is 5.89. The first-order valence-electron chi connectivity index (χ1n) is 6.09. The van der Waals surface area contributed by atoms with Crippen molar-refractivity contribution in [2.45, 2.75) is 32.4 Å². The first-order chi connectivity index (χ1) is 7.78. The fourth-order valence-corrected chi connectivity index (χ4v) is 2.20. The summed E-state index contributed by atoms with van der Waals surface area (Å²) in [5.41, 5.74) is 2.42. The van der Waals surface area contributed by atoms with Crippen LogP contribution in [0.2, 0.25) is 0 Å². The third-order valence-corrected chi connectivity index (χ3v) is 3.35. The van der Waals surface area contributed by atoms with Gasteiger partial charge in [0.05, 0.1) is 5.69 Å². The molecule has 1 aromatic heterocycles. The zero-order valence-electron chi connectivity index (χ0n) is 10.6. The fraction of sp³-hybridized carbons (Fsp3) is 0.615. The van der Waals surface area contributed by atoms with Gasteiger partial charge in [-0.3, -0.25) is 9.88 Å². The van der Waals surface area contributed by atoms with Crippen LogP contribution < -0.4 is 5.32 Å². The predicted molar refractivity (Wildman–Crippen MR) is 73.6 cm³/mol. The first-order valence-corrected chi connectivity index (χ1v) is 6.09. The molecule has 0 unspecified atom stereocenters. The molecule has 2 rings (SSSR count). The molecule has 1 aliphatic heterocycles. The second-order valence-electron chi connectivity index (χ2n) is 4.67. The number of nitrogens with zero attached hydrogens (tertiary/aromatic N) is 2. The van der Waals surface area contributed by atoms with Crippen molar-refractivity contribution in [2.24, 2.45) is 0 Å². The van der Waals surface area contributed by atoms with Gasteiger partial charge in [-0.05, 0) is 38.4 Å². The van der Waals surface area contributed by atoms with E-state index in [1.54, 1.807) is 0 Å². The van der Waals surface area contributed by atoms with Gasteiger partial charge in [-0.15, -0.1) is 12.4 Å². The molecular formula is C13H22ClN3. The molecular weight excluding hydrogens is 234 g/mol. The molecule has 1 aliphatic rings. The minimum absolute atomic E-state index is 0. The molecule has 0 bridgehead atoms. The minimum atomic E-state index is 0. The van der Waals surface area contributed by atoms with Gasteiger partial charge in [-0.1, -0.05) is 6.07 Å². The summed E-state index contributed by atoms with van der Waals surface area (Å²) >= 11 is 0. The number of aryl methyl sites for hydroxylation is 1. The smallest absolute Gasteiger partial charge is 0.0544 e. The van der Waals surface area contributed by atoms with Crippen LogP contribution in [0.15, 0.2) is 18.3 Å². The number of hydrogen-bond donors (Lipinski definition) is 1. The summed E-state index contributed by atoms with van der Waals surface area (Å²) in [7, 11) is 2.06. The molecule has 0 radical (unpaired) electrons. The molecule has 1 N–H and O–H groups in total. The van der Waals surface area contributed by atoms with E-state index in [2.05, 4.69) is 41.3 Å². The van der Waals surface area contributed by atoms with Crippen LogP contribution in [-0.2, 0) is 6.54 Å². The van der Waals surface area contributed by atoms with E-state index >= 15 is 0 Å². The molecule has 17 heavy (non-hydrogen) atoms. The Morgan fingerprint density at radius 3 is 2.59 bits per heavy atom. The Labute approximate surface area is 110 Å². The summed E-state index contributed by atoms with van der Waals surface area (Å²) in [6.07, 6.45) is 4.46. The van der Waals surface area contributed by atoms with Crippen LogP contribution >= 0.6 is 12.4 Å². The van der Waals surface area contributed by atoms with Gasteiger partial charge < -0.3 is 5.32 Å². The standard InChI is InChI=1S/C13H21N3.ClH/c1-11-3-4-13(15-9-11)10-16-7-5-12(14-2)6-8-16;/h3-4,9,12,14H,5-8,10H2,1-2H3;1H. The topological polar surface area (TPSA) is 28.2 Å². The number of hydrogen-bond acceptors (Lipinski definition) is 3. The van der Waals surface area contributed by atoms with Crippen LogP contribution in [0.5, 0.6) is 0 Å². The molecule has 1 aromatic rings. The zero-order chi connectivity index (χ0) is 11.4. The average Bonchev–Trinajstić information content (AvgIpc) is 2.33. The summed E-state index contributed by atoms with van der Waals surface area (Å²) in [4.78, 5) is 6.95. The summed E-state index contributed by atoms with van der Waals surface area (Å²) in [5.74, 6) is 0. The lowest BCUT2D eigenvalue weighted by Gasteiger charge is -2.31. The fourth-order valence-electron chi connectivity index (χ4n) is 2.20. The lowest BCUT2D eigenvalue weighted by Crippen LogP contribution is -2.40. The van der Waals surface area contributed by atoms with Crippen molar-refractivity contribution >= 4 is 12.4 Å². The molecule has 96 valence electrons. The molecule has 1 saturated heterocycles. The summed E-state index contributed by atoms with van der Waals surface area (Å²) in [6, 6.07) is 4.99. The number of halogens is 1. The van der Waals surface area contributed by atoms with E-state index in [9.17, 15) is 0 Å². The largest absolute Gasteiger partial charge is 0.317 e. The highest BCUT2D eigenvalue weighted by atomic mass is 35.5. The van der Waals surface area contributed by atoms with Crippen LogP contribution in [0, 0.1) is 6.92 Å². The molecule has 0 aromatic carbocycles. The minimum Gasteiger partial charge on any atom is -0.317 e. The van der Waals surface area contributed by atoms with Gasteiger partial charge in [0.1, 0.15) is 0 Å². The Morgan fingerprint density at radius 2 is 2.06 bits per heavy atom. The van der Waals surface area contributed by atoms with Crippen LogP contribution in [0.25, 0.3) is 0 Å². The van der Waals surface area contributed by atoms with E-state index in [4.69, 9.17) is 0 Å². The molecule has 0 spiro atoms. The van der Waals surface area contributed by atoms with E-state index in [1.165, 1.54) is 37.2 Å². The van der Waals surface area contributed by atoms with Gasteiger partial charge in [-0.2, -0.15) is 0 Å². The van der Waals surface area contributed by atoms with Crippen molar-refractivity contribution < 1.29 is 0 Å². The van der Waals surface area contributed by atoms with E-state index in [-0.39, 0.29) is 12.4 Å². The number of pyridine rings is 1. The molecule has 2 heterocycles. The molecule has 4 heteroatoms. The van der Waals surface area contributed by atoms with E-state index in [0.29, 0.717) is 6.04 Å². The summed E-state index contributed by atoms with van der Waals surface area (Å²) in [6.45, 7) is 5.44. The highest BCUT2D eigenvalue weighted by Gasteiger charge is 2.17. The van der Waals surface area contributed by atoms with Crippen molar-refractivity contribution in [1.29, 1.82) is 0 Å². The maximum absolute atomic E-state index is 4.45. The molecule has 0 amide bonds. The highest BCUT2D eigenvalue weighted by Crippen LogP contribution is 2.12. The maximum atomic E-state index is 4.45. The van der Waals surface area contributed by atoms with E-state index in [0.717, 1.165) is 6.54 Å². The van der Waals surface area contributed by atoms with Crippen LogP contribution in [0.4, 0.5) is 0 Å². The number of likely N-dealkylation sites (tertiary alicyclic amines) is 1. The average molecular weight is 256 g/mol. The Morgan fingerprint density at radius 1 is 1.35 bits per heavy atom. The SMILES string of the molecule is CNC1CCN(Cc2ccc(C)cn2)CC1.Cl. The van der Waals surface area contributed by atoms with Crippen LogP contribution in [-0.4, -0.2) is 36.1 Å². The number of piperidine rings is 1. The Hall–Kier alpha value is -0.640. The third-order valence-electron chi connectivity index (χ3n) is 3.35. The zero-order valence-corrected chi connectivity index (χ0v) is 11.5. The monoisotopic (exact) mass is 255 g/mol. The summed E-state index contributed by atoms with van der Waals surface area (Å²) < 4.78 is 0. The van der Waals surface area contributed by atoms with Crippen LogP contribution in [0.3, 0.4) is 0 Å². The third kappa shape index (κ3) is 4.26. The molecule has 1 fully saturated rings. The second kappa shape index (κ2) is 6.94. The molecule has 0 atom stereocenters. The predicted octanol–water partition coefficient (Wildman–Crippen LogP) is 2.00. The maximum Gasteiger partial charge on any atom is 0.0544 e. The van der Waals surface area contributed by atoms with Gasteiger partial charge in [0, 0.05) is 31.9 Å². The van der Waals surface area contributed by atoms with Gasteiger partial charge in [0.2, 0.25) is 0 Å². The van der Waals surface area contributed by atoms with Crippen molar-refractivity contribution in [3.63, 3.8) is 0 Å². The van der Waals surface area contributed by atoms with Crippen molar-refractivity contribution in [1.82, 2.24) is 15.2 Å². The van der Waals surface area contributed by atoms with Gasteiger partial charge in [-0.25, -0.2) is 0 Å². The van der Waals surface area contributed by atoms with E-state index < -0.39 is 0 Å². The van der Waals surface area contributed by atoms with Gasteiger partial charge in [0.15, 0.2) is 0 Å². The number of aromatic nitrogens is 1. The van der Waals surface area contributed by atoms with E-state index in [1.807, 2.05) is 6.20 Å².